The highest BCUT2D eigenvalue weighted by Crippen LogP contribution is 2.32. The third-order valence-corrected chi connectivity index (χ3v) is 6.64. The van der Waals surface area contributed by atoms with Crippen molar-refractivity contribution in [2.24, 2.45) is 5.92 Å². The maximum atomic E-state index is 14.1. The van der Waals surface area contributed by atoms with Crippen LogP contribution in [0.25, 0.3) is 0 Å². The number of carbonyl (C=O) groups is 2. The summed E-state index contributed by atoms with van der Waals surface area (Å²) in [6.07, 6.45) is 2.49. The van der Waals surface area contributed by atoms with Crippen LogP contribution < -0.4 is 10.6 Å². The second kappa shape index (κ2) is 10.6. The van der Waals surface area contributed by atoms with Crippen molar-refractivity contribution in [2.45, 2.75) is 51.7 Å². The zero-order valence-corrected chi connectivity index (χ0v) is 19.7. The maximum absolute atomic E-state index is 14.1. The molecule has 1 saturated heterocycles. The minimum absolute atomic E-state index is 0. The summed E-state index contributed by atoms with van der Waals surface area (Å²) in [6.45, 7) is 5.74. The lowest BCUT2D eigenvalue weighted by molar-refractivity contribution is -0.138. The van der Waals surface area contributed by atoms with Gasteiger partial charge in [-0.25, -0.2) is 8.78 Å². The van der Waals surface area contributed by atoms with E-state index in [2.05, 4.69) is 36.6 Å². The number of benzene rings is 2. The van der Waals surface area contributed by atoms with Crippen molar-refractivity contribution in [3.05, 3.63) is 70.3 Å². The van der Waals surface area contributed by atoms with Crippen LogP contribution in [0.4, 0.5) is 8.78 Å². The minimum atomic E-state index is -1.17. The van der Waals surface area contributed by atoms with Crippen molar-refractivity contribution in [1.29, 1.82) is 0 Å². The Bertz CT molecular complexity index is 1030. The molecule has 1 heterocycles. The van der Waals surface area contributed by atoms with E-state index in [-0.39, 0.29) is 29.9 Å². The number of nitrogens with zero attached hydrogens (tertiary/aromatic N) is 1. The Morgan fingerprint density at radius 3 is 2.55 bits per heavy atom. The number of hydrogen-bond donors (Lipinski definition) is 2. The van der Waals surface area contributed by atoms with Gasteiger partial charge in [0, 0.05) is 25.2 Å². The molecule has 2 amide bonds. The van der Waals surface area contributed by atoms with Gasteiger partial charge >= 0.3 is 0 Å². The molecule has 2 N–H and O–H groups in total. The van der Waals surface area contributed by atoms with Gasteiger partial charge in [0.15, 0.2) is 11.6 Å². The van der Waals surface area contributed by atoms with Crippen LogP contribution in [0.15, 0.2) is 36.4 Å². The van der Waals surface area contributed by atoms with Crippen LogP contribution in [0.3, 0.4) is 0 Å². The lowest BCUT2D eigenvalue weighted by Crippen LogP contribution is -2.55. The Labute approximate surface area is 199 Å². The molecule has 1 aliphatic heterocycles. The Hall–Kier alpha value is -2.51. The van der Waals surface area contributed by atoms with E-state index in [9.17, 15) is 18.4 Å². The van der Waals surface area contributed by atoms with E-state index < -0.39 is 29.5 Å². The summed E-state index contributed by atoms with van der Waals surface area (Å²) in [5.74, 6) is -3.40. The highest BCUT2D eigenvalue weighted by molar-refractivity contribution is 5.95. The van der Waals surface area contributed by atoms with Crippen molar-refractivity contribution in [3.63, 3.8) is 0 Å². The molecule has 0 radical (unpaired) electrons. The summed E-state index contributed by atoms with van der Waals surface area (Å²) in [5.41, 5.74) is 3.15. The Kier molecular flexibility index (Phi) is 8.08. The molecule has 2 aromatic rings. The number of aryl methyl sites for hydroxylation is 1. The van der Waals surface area contributed by atoms with Gasteiger partial charge in [0.05, 0.1) is 11.5 Å². The van der Waals surface area contributed by atoms with Crippen LogP contribution in [0.2, 0.25) is 0 Å². The van der Waals surface area contributed by atoms with Crippen LogP contribution in [0.5, 0.6) is 0 Å². The van der Waals surface area contributed by atoms with Crippen LogP contribution in [-0.2, 0) is 11.3 Å². The first-order valence-corrected chi connectivity index (χ1v) is 11.2. The molecule has 2 unspecified atom stereocenters. The maximum Gasteiger partial charge on any atom is 0.254 e. The second-order valence-electron chi connectivity index (χ2n) is 8.84. The molecular formula is C25H30ClF2N3O2. The van der Waals surface area contributed by atoms with Crippen LogP contribution in [0.1, 0.15) is 46.3 Å². The summed E-state index contributed by atoms with van der Waals surface area (Å²) in [6, 6.07) is 9.41. The summed E-state index contributed by atoms with van der Waals surface area (Å²) in [4.78, 5) is 28.2. The smallest absolute Gasteiger partial charge is 0.254 e. The SMILES string of the molecule is Cc1cccc(CN(C(=O)C2CNCCC2NC(=O)c2cccc(F)c2F)C2CC2)c1C.Cl. The first kappa shape index (κ1) is 25.1. The van der Waals surface area contributed by atoms with E-state index >= 15 is 0 Å². The lowest BCUT2D eigenvalue weighted by Gasteiger charge is -2.36. The Morgan fingerprint density at radius 1 is 1.09 bits per heavy atom. The fourth-order valence-electron chi connectivity index (χ4n) is 4.37. The van der Waals surface area contributed by atoms with Crippen LogP contribution >= 0.6 is 12.4 Å². The fourth-order valence-corrected chi connectivity index (χ4v) is 4.37. The predicted octanol–water partition coefficient (Wildman–Crippen LogP) is 3.90. The van der Waals surface area contributed by atoms with Crippen molar-refractivity contribution < 1.29 is 18.4 Å². The molecule has 178 valence electrons. The molecule has 1 saturated carbocycles. The van der Waals surface area contributed by atoms with Crippen molar-refractivity contribution >= 4 is 24.2 Å². The van der Waals surface area contributed by atoms with Crippen molar-refractivity contribution in [2.75, 3.05) is 13.1 Å². The van der Waals surface area contributed by atoms with E-state index in [1.807, 2.05) is 11.0 Å². The van der Waals surface area contributed by atoms with Crippen LogP contribution in [0, 0.1) is 31.4 Å². The Morgan fingerprint density at radius 2 is 1.82 bits per heavy atom. The van der Waals surface area contributed by atoms with E-state index in [0.717, 1.165) is 24.5 Å². The third kappa shape index (κ3) is 5.53. The highest BCUT2D eigenvalue weighted by Gasteiger charge is 2.40. The molecule has 33 heavy (non-hydrogen) atoms. The molecule has 2 fully saturated rings. The molecule has 0 bridgehead atoms. The molecule has 2 aromatic carbocycles. The summed E-state index contributed by atoms with van der Waals surface area (Å²) in [5, 5.41) is 6.04. The average molecular weight is 478 g/mol. The van der Waals surface area contributed by atoms with Gasteiger partial charge in [-0.2, -0.15) is 0 Å². The van der Waals surface area contributed by atoms with Gasteiger partial charge in [0.1, 0.15) is 0 Å². The molecule has 0 aromatic heterocycles. The zero-order chi connectivity index (χ0) is 22.8. The standard InChI is InChI=1S/C25H29F2N3O2.ClH/c1-15-5-3-6-17(16(15)2)14-30(18-9-10-18)25(32)20-13-28-12-11-22(20)29-24(31)19-7-4-8-21(26)23(19)27;/h3-8,18,20,22,28H,9-14H2,1-2H3,(H,29,31);1H. The molecule has 1 aliphatic carbocycles. The van der Waals surface area contributed by atoms with Gasteiger partial charge < -0.3 is 15.5 Å². The molecule has 5 nitrogen and oxygen atoms in total. The van der Waals surface area contributed by atoms with Gasteiger partial charge in [0.25, 0.3) is 5.91 Å². The van der Waals surface area contributed by atoms with E-state index in [4.69, 9.17) is 0 Å². The normalized spacial score (nSPS) is 20.0. The number of rotatable bonds is 6. The number of piperidine rings is 1. The van der Waals surface area contributed by atoms with E-state index in [1.54, 1.807) is 0 Å². The Balaban J connectivity index is 0.00000306. The third-order valence-electron chi connectivity index (χ3n) is 6.64. The summed E-state index contributed by atoms with van der Waals surface area (Å²) >= 11 is 0. The fraction of sp³-hybridized carbons (Fsp3) is 0.440. The average Bonchev–Trinajstić information content (AvgIpc) is 3.62. The number of nitrogens with one attached hydrogen (secondary N) is 2. The molecule has 2 atom stereocenters. The zero-order valence-electron chi connectivity index (χ0n) is 18.9. The van der Waals surface area contributed by atoms with Gasteiger partial charge in [-0.05, 0) is 68.5 Å². The number of amides is 2. The number of hydrogen-bond acceptors (Lipinski definition) is 3. The van der Waals surface area contributed by atoms with E-state index in [1.165, 1.54) is 23.3 Å². The van der Waals surface area contributed by atoms with Gasteiger partial charge in [0.2, 0.25) is 5.91 Å². The van der Waals surface area contributed by atoms with Crippen LogP contribution in [-0.4, -0.2) is 41.9 Å². The topological polar surface area (TPSA) is 61.4 Å². The van der Waals surface area contributed by atoms with Crippen molar-refractivity contribution in [3.8, 4) is 0 Å². The number of halogens is 3. The highest BCUT2D eigenvalue weighted by atomic mass is 35.5. The summed E-state index contributed by atoms with van der Waals surface area (Å²) < 4.78 is 27.7. The van der Waals surface area contributed by atoms with E-state index in [0.29, 0.717) is 26.1 Å². The van der Waals surface area contributed by atoms with Gasteiger partial charge in [-0.15, -0.1) is 12.4 Å². The number of carbonyl (C=O) groups excluding carboxylic acids is 2. The largest absolute Gasteiger partial charge is 0.348 e. The molecule has 4 rings (SSSR count). The molecule has 0 spiro atoms. The van der Waals surface area contributed by atoms with Crippen molar-refractivity contribution in [1.82, 2.24) is 15.5 Å². The monoisotopic (exact) mass is 477 g/mol. The van der Waals surface area contributed by atoms with Gasteiger partial charge in [-0.1, -0.05) is 24.3 Å². The minimum Gasteiger partial charge on any atom is -0.348 e. The predicted molar refractivity (Wildman–Crippen MR) is 125 cm³/mol. The first-order valence-electron chi connectivity index (χ1n) is 11.2. The first-order chi connectivity index (χ1) is 15.4. The summed E-state index contributed by atoms with van der Waals surface area (Å²) in [7, 11) is 0. The van der Waals surface area contributed by atoms with Gasteiger partial charge in [-0.3, -0.25) is 9.59 Å². The second-order valence-corrected chi connectivity index (χ2v) is 8.84. The lowest BCUT2D eigenvalue weighted by atomic mass is 9.91. The molecular weight excluding hydrogens is 448 g/mol. The molecule has 8 heteroatoms. The molecule has 2 aliphatic rings. The quantitative estimate of drug-likeness (QED) is 0.663.